The van der Waals surface area contributed by atoms with Gasteiger partial charge in [0.25, 0.3) is 0 Å². The summed E-state index contributed by atoms with van der Waals surface area (Å²) in [7, 11) is 0. The Morgan fingerprint density at radius 3 is 2.38 bits per heavy atom. The molecule has 0 radical (unpaired) electrons. The Hall–Kier alpha value is -1.61. The van der Waals surface area contributed by atoms with Crippen molar-refractivity contribution in [2.24, 2.45) is 16.7 Å². The monoisotopic (exact) mass is 283 g/mol. The van der Waals surface area contributed by atoms with E-state index in [0.29, 0.717) is 10.8 Å². The summed E-state index contributed by atoms with van der Waals surface area (Å²) < 4.78 is 1.93. The molecule has 21 heavy (non-hydrogen) atoms. The van der Waals surface area contributed by atoms with Crippen molar-refractivity contribution in [3.05, 3.63) is 48.3 Å². The zero-order valence-corrected chi connectivity index (χ0v) is 13.4. The number of para-hydroxylation sites is 1. The van der Waals surface area contributed by atoms with E-state index in [0.717, 1.165) is 24.7 Å². The van der Waals surface area contributed by atoms with Gasteiger partial charge in [-0.3, -0.25) is 0 Å². The van der Waals surface area contributed by atoms with Gasteiger partial charge >= 0.3 is 0 Å². The summed E-state index contributed by atoms with van der Waals surface area (Å²) in [5.74, 6) is 0.758. The van der Waals surface area contributed by atoms with Crippen molar-refractivity contribution >= 4 is 0 Å². The number of hydrogen-bond donors (Lipinski definition) is 1. The highest BCUT2D eigenvalue weighted by Gasteiger charge is 2.63. The van der Waals surface area contributed by atoms with Gasteiger partial charge < -0.3 is 5.32 Å². The number of nitrogens with zero attached hydrogens (tertiary/aromatic N) is 2. The van der Waals surface area contributed by atoms with Gasteiger partial charge in [-0.1, -0.05) is 45.9 Å². The average Bonchev–Trinajstić information content (AvgIpc) is 2.83. The Morgan fingerprint density at radius 1 is 1.10 bits per heavy atom. The molecule has 0 saturated heterocycles. The standard InChI is InChI=1S/C18H25N3/c1-17(2)16(18(17,3)4)12-19-10-14-11-20-21(13-14)15-8-6-5-7-9-15/h5-9,11,13,16,19H,10,12H2,1-4H3. The van der Waals surface area contributed by atoms with Crippen LogP contribution in [0.25, 0.3) is 5.69 Å². The minimum Gasteiger partial charge on any atom is -0.312 e. The molecule has 112 valence electrons. The molecule has 0 spiro atoms. The topological polar surface area (TPSA) is 29.9 Å². The lowest BCUT2D eigenvalue weighted by Crippen LogP contribution is -2.18. The Labute approximate surface area is 127 Å². The molecule has 0 bridgehead atoms. The van der Waals surface area contributed by atoms with Crippen LogP contribution in [0.5, 0.6) is 0 Å². The Bertz CT molecular complexity index is 596. The molecule has 1 aromatic carbocycles. The summed E-state index contributed by atoms with van der Waals surface area (Å²) in [6.07, 6.45) is 4.05. The summed E-state index contributed by atoms with van der Waals surface area (Å²) in [5.41, 5.74) is 3.24. The second-order valence-corrected chi connectivity index (χ2v) is 7.26. The predicted octanol–water partition coefficient (Wildman–Crippen LogP) is 3.64. The lowest BCUT2D eigenvalue weighted by atomic mass is 10.0. The molecule has 1 aliphatic carbocycles. The van der Waals surface area contributed by atoms with Crippen LogP contribution in [0.1, 0.15) is 33.3 Å². The van der Waals surface area contributed by atoms with E-state index in [-0.39, 0.29) is 0 Å². The van der Waals surface area contributed by atoms with Gasteiger partial charge in [0.2, 0.25) is 0 Å². The van der Waals surface area contributed by atoms with E-state index in [9.17, 15) is 0 Å². The minimum absolute atomic E-state index is 0.453. The molecular formula is C18H25N3. The second kappa shape index (κ2) is 4.99. The first kappa shape index (κ1) is 14.3. The van der Waals surface area contributed by atoms with Gasteiger partial charge in [-0.05, 0) is 35.4 Å². The fraction of sp³-hybridized carbons (Fsp3) is 0.500. The normalized spacial score (nSPS) is 19.6. The van der Waals surface area contributed by atoms with Crippen LogP contribution in [-0.4, -0.2) is 16.3 Å². The predicted molar refractivity (Wildman–Crippen MR) is 86.3 cm³/mol. The Balaban J connectivity index is 1.55. The molecule has 0 aliphatic heterocycles. The van der Waals surface area contributed by atoms with E-state index in [1.54, 1.807) is 0 Å². The number of benzene rings is 1. The minimum atomic E-state index is 0.453. The van der Waals surface area contributed by atoms with Crippen molar-refractivity contribution in [3.8, 4) is 5.69 Å². The second-order valence-electron chi connectivity index (χ2n) is 7.26. The average molecular weight is 283 g/mol. The fourth-order valence-corrected chi connectivity index (χ4v) is 3.38. The highest BCUT2D eigenvalue weighted by Crippen LogP contribution is 2.67. The lowest BCUT2D eigenvalue weighted by molar-refractivity contribution is 0.457. The highest BCUT2D eigenvalue weighted by molar-refractivity contribution is 5.30. The highest BCUT2D eigenvalue weighted by atomic mass is 15.3. The van der Waals surface area contributed by atoms with Crippen LogP contribution in [0, 0.1) is 16.7 Å². The van der Waals surface area contributed by atoms with Crippen molar-refractivity contribution in [2.75, 3.05) is 6.54 Å². The molecule has 1 heterocycles. The van der Waals surface area contributed by atoms with Crippen molar-refractivity contribution in [2.45, 2.75) is 34.2 Å². The number of hydrogen-bond acceptors (Lipinski definition) is 2. The number of rotatable bonds is 5. The first-order valence-corrected chi connectivity index (χ1v) is 7.72. The molecule has 0 amide bonds. The molecule has 1 aromatic heterocycles. The van der Waals surface area contributed by atoms with Crippen molar-refractivity contribution in [1.29, 1.82) is 0 Å². The van der Waals surface area contributed by atoms with Crippen molar-refractivity contribution in [1.82, 2.24) is 15.1 Å². The fourth-order valence-electron chi connectivity index (χ4n) is 3.38. The SMILES string of the molecule is CC1(C)C(CNCc2cnn(-c3ccccc3)c2)C1(C)C. The van der Waals surface area contributed by atoms with Crippen LogP contribution >= 0.6 is 0 Å². The van der Waals surface area contributed by atoms with Crippen molar-refractivity contribution < 1.29 is 0 Å². The van der Waals surface area contributed by atoms with Gasteiger partial charge in [-0.25, -0.2) is 4.68 Å². The van der Waals surface area contributed by atoms with Crippen LogP contribution < -0.4 is 5.32 Å². The van der Waals surface area contributed by atoms with E-state index >= 15 is 0 Å². The molecule has 1 N–H and O–H groups in total. The smallest absolute Gasteiger partial charge is 0.0645 e. The van der Waals surface area contributed by atoms with E-state index in [4.69, 9.17) is 0 Å². The lowest BCUT2D eigenvalue weighted by Gasteiger charge is -2.04. The maximum Gasteiger partial charge on any atom is 0.0645 e. The number of nitrogens with one attached hydrogen (secondary N) is 1. The summed E-state index contributed by atoms with van der Waals surface area (Å²) in [5, 5.41) is 8.02. The maximum absolute atomic E-state index is 4.43. The molecule has 3 rings (SSSR count). The van der Waals surface area contributed by atoms with E-state index < -0.39 is 0 Å². The van der Waals surface area contributed by atoms with Gasteiger partial charge in [0, 0.05) is 18.3 Å². The van der Waals surface area contributed by atoms with Gasteiger partial charge in [0.1, 0.15) is 0 Å². The van der Waals surface area contributed by atoms with Gasteiger partial charge in [0.05, 0.1) is 11.9 Å². The first-order valence-electron chi connectivity index (χ1n) is 7.72. The summed E-state index contributed by atoms with van der Waals surface area (Å²) in [6.45, 7) is 11.4. The van der Waals surface area contributed by atoms with Crippen molar-refractivity contribution in [3.63, 3.8) is 0 Å². The molecule has 0 atom stereocenters. The maximum atomic E-state index is 4.43. The van der Waals surface area contributed by atoms with Crippen LogP contribution in [0.2, 0.25) is 0 Å². The molecule has 3 heteroatoms. The van der Waals surface area contributed by atoms with E-state index in [1.807, 2.05) is 29.1 Å². The molecule has 2 aromatic rings. The largest absolute Gasteiger partial charge is 0.312 e. The Kier molecular flexibility index (Phi) is 3.40. The third kappa shape index (κ3) is 2.51. The molecule has 1 saturated carbocycles. The van der Waals surface area contributed by atoms with Crippen LogP contribution in [-0.2, 0) is 6.54 Å². The third-order valence-electron chi connectivity index (χ3n) is 5.65. The first-order chi connectivity index (χ1) is 9.93. The summed E-state index contributed by atoms with van der Waals surface area (Å²) in [6, 6.07) is 10.2. The quantitative estimate of drug-likeness (QED) is 0.908. The molecule has 3 nitrogen and oxygen atoms in total. The molecular weight excluding hydrogens is 258 g/mol. The summed E-state index contributed by atoms with van der Waals surface area (Å²) in [4.78, 5) is 0. The zero-order valence-electron chi connectivity index (χ0n) is 13.4. The molecule has 1 fully saturated rings. The number of aromatic nitrogens is 2. The van der Waals surface area contributed by atoms with Crippen LogP contribution in [0.3, 0.4) is 0 Å². The van der Waals surface area contributed by atoms with Crippen LogP contribution in [0.4, 0.5) is 0 Å². The van der Waals surface area contributed by atoms with Crippen LogP contribution in [0.15, 0.2) is 42.7 Å². The summed E-state index contributed by atoms with van der Waals surface area (Å²) >= 11 is 0. The molecule has 0 unspecified atom stereocenters. The van der Waals surface area contributed by atoms with Gasteiger partial charge in [0.15, 0.2) is 0 Å². The van der Waals surface area contributed by atoms with Gasteiger partial charge in [-0.2, -0.15) is 5.10 Å². The third-order valence-corrected chi connectivity index (χ3v) is 5.65. The molecule has 1 aliphatic rings. The van der Waals surface area contributed by atoms with Gasteiger partial charge in [-0.15, -0.1) is 0 Å². The Morgan fingerprint density at radius 2 is 1.76 bits per heavy atom. The zero-order chi connectivity index (χ0) is 15.1. The van der Waals surface area contributed by atoms with E-state index in [2.05, 4.69) is 56.4 Å². The van der Waals surface area contributed by atoms with E-state index in [1.165, 1.54) is 5.56 Å².